The number of nitrogens with zero attached hydrogens (tertiary/aromatic N) is 3. The molecule has 0 aliphatic carbocycles. The Morgan fingerprint density at radius 1 is 0.528 bits per heavy atom. The van der Waals surface area contributed by atoms with Crippen molar-refractivity contribution in [3.8, 4) is 44.8 Å². The van der Waals surface area contributed by atoms with Crippen LogP contribution in [0.2, 0.25) is 0 Å². The third-order valence-corrected chi connectivity index (χ3v) is 9.71. The SMILES string of the molecule is Cc1c[c-]c(-c2cc(C)c(C)cn2)cc1.Cc1cc(-c2cccc3c(C)cncc23)c2oc3c(-c4cc(-c5ccccc5)ccn4)[c-]ccc3c2c1.[Ir]. The molecule has 4 heterocycles. The summed E-state index contributed by atoms with van der Waals surface area (Å²) in [5.74, 6) is 0. The smallest absolute Gasteiger partial charge is 0.128 e. The van der Waals surface area contributed by atoms with Crippen LogP contribution in [0.1, 0.15) is 27.8 Å². The molecule has 0 saturated carbocycles. The van der Waals surface area contributed by atoms with E-state index < -0.39 is 0 Å². The molecule has 9 aromatic rings. The van der Waals surface area contributed by atoms with Gasteiger partial charge in [0.2, 0.25) is 0 Å². The molecule has 4 nitrogen and oxygen atoms in total. The molecule has 0 atom stereocenters. The zero-order chi connectivity index (χ0) is 35.8. The molecule has 0 unspecified atom stereocenters. The Kier molecular flexibility index (Phi) is 10.1. The van der Waals surface area contributed by atoms with Crippen molar-refractivity contribution in [1.29, 1.82) is 0 Å². The van der Waals surface area contributed by atoms with E-state index in [4.69, 9.17) is 9.40 Å². The Morgan fingerprint density at radius 3 is 2.17 bits per heavy atom. The number of rotatable bonds is 4. The topological polar surface area (TPSA) is 51.8 Å². The van der Waals surface area contributed by atoms with Gasteiger partial charge in [-0.3, -0.25) is 4.98 Å². The van der Waals surface area contributed by atoms with Gasteiger partial charge in [-0.1, -0.05) is 84.1 Å². The monoisotopic (exact) mass is 864 g/mol. The maximum absolute atomic E-state index is 6.71. The number of aryl methyl sites for hydroxylation is 5. The van der Waals surface area contributed by atoms with Crippen LogP contribution in [0.3, 0.4) is 0 Å². The normalized spacial score (nSPS) is 11.0. The second-order valence-corrected chi connectivity index (χ2v) is 13.5. The second-order valence-electron chi connectivity index (χ2n) is 13.5. The minimum Gasteiger partial charge on any atom is -0.500 e. The fourth-order valence-electron chi connectivity index (χ4n) is 6.77. The number of hydrogen-bond acceptors (Lipinski definition) is 4. The van der Waals surface area contributed by atoms with Gasteiger partial charge in [0.05, 0.1) is 5.58 Å². The zero-order valence-electron chi connectivity index (χ0n) is 30.3. The van der Waals surface area contributed by atoms with Gasteiger partial charge in [-0.25, -0.2) is 0 Å². The van der Waals surface area contributed by atoms with Crippen molar-refractivity contribution in [3.05, 3.63) is 174 Å². The molecule has 0 fully saturated rings. The van der Waals surface area contributed by atoms with Gasteiger partial charge in [-0.15, -0.1) is 53.6 Å². The van der Waals surface area contributed by atoms with Crippen molar-refractivity contribution in [1.82, 2.24) is 15.0 Å². The molecule has 53 heavy (non-hydrogen) atoms. The summed E-state index contributed by atoms with van der Waals surface area (Å²) in [5, 5.41) is 4.49. The number of aromatic nitrogens is 3. The molecule has 0 spiro atoms. The van der Waals surface area contributed by atoms with E-state index in [2.05, 4.69) is 142 Å². The Bertz CT molecular complexity index is 2730. The zero-order valence-corrected chi connectivity index (χ0v) is 32.7. The largest absolute Gasteiger partial charge is 0.500 e. The molecule has 4 aromatic heterocycles. The van der Waals surface area contributed by atoms with Gasteiger partial charge >= 0.3 is 0 Å². The van der Waals surface area contributed by atoms with Crippen LogP contribution in [0.25, 0.3) is 77.5 Å². The van der Waals surface area contributed by atoms with Crippen LogP contribution in [-0.2, 0) is 20.1 Å². The Hall–Kier alpha value is -5.74. The van der Waals surface area contributed by atoms with E-state index in [9.17, 15) is 0 Å². The van der Waals surface area contributed by atoms with Crippen LogP contribution in [-0.4, -0.2) is 15.0 Å². The number of benzene rings is 5. The third-order valence-electron chi connectivity index (χ3n) is 9.71. The standard InChI is InChI=1S/C34H23N2O.C14H14N.Ir/c1-21-16-29(26-11-6-10-25-22(2)19-35-20-31(25)26)34-30(17-21)27-12-7-13-28(33(27)37-34)32-18-24(14-15-36-32)23-8-4-3-5-9-23;1-10-4-6-13(7-5-10)14-8-11(2)12(3)9-15-14;/h3-12,14-20H,1-2H3;4-6,8-9H,1-3H3;/q2*-1;. The van der Waals surface area contributed by atoms with E-state index in [0.29, 0.717) is 0 Å². The first-order valence-electron chi connectivity index (χ1n) is 17.5. The fraction of sp³-hybridized carbons (Fsp3) is 0.104. The summed E-state index contributed by atoms with van der Waals surface area (Å²) >= 11 is 0. The predicted octanol–water partition coefficient (Wildman–Crippen LogP) is 12.4. The molecule has 0 aliphatic heterocycles. The van der Waals surface area contributed by atoms with Crippen LogP contribution >= 0.6 is 0 Å². The summed E-state index contributed by atoms with van der Waals surface area (Å²) in [6, 6.07) is 44.3. The number of pyridine rings is 3. The van der Waals surface area contributed by atoms with Crippen LogP contribution in [0, 0.1) is 46.8 Å². The van der Waals surface area contributed by atoms with E-state index >= 15 is 0 Å². The molecule has 1 radical (unpaired) electrons. The second kappa shape index (κ2) is 15.1. The Morgan fingerprint density at radius 2 is 1.38 bits per heavy atom. The molecular formula is C48H37IrN3O-2. The van der Waals surface area contributed by atoms with Gasteiger partial charge < -0.3 is 14.4 Å². The molecule has 261 valence electrons. The quantitative estimate of drug-likeness (QED) is 0.165. The molecule has 0 N–H and O–H groups in total. The minimum absolute atomic E-state index is 0. The number of fused-ring (bicyclic) bond motifs is 4. The van der Waals surface area contributed by atoms with Crippen LogP contribution < -0.4 is 0 Å². The molecule has 0 saturated heterocycles. The molecule has 0 amide bonds. The van der Waals surface area contributed by atoms with E-state index in [1.807, 2.05) is 49.1 Å². The van der Waals surface area contributed by atoms with E-state index in [0.717, 1.165) is 77.7 Å². The van der Waals surface area contributed by atoms with Gasteiger partial charge in [0.15, 0.2) is 0 Å². The van der Waals surface area contributed by atoms with Gasteiger partial charge in [-0.2, -0.15) is 0 Å². The van der Waals surface area contributed by atoms with Crippen molar-refractivity contribution in [3.63, 3.8) is 0 Å². The summed E-state index contributed by atoms with van der Waals surface area (Å²) in [5.41, 5.74) is 16.0. The summed E-state index contributed by atoms with van der Waals surface area (Å²) in [6.07, 6.45) is 7.64. The first-order chi connectivity index (χ1) is 25.3. The molecular weight excluding hydrogens is 827 g/mol. The predicted molar refractivity (Wildman–Crippen MR) is 214 cm³/mol. The summed E-state index contributed by atoms with van der Waals surface area (Å²) in [7, 11) is 0. The molecule has 0 aliphatic rings. The average molecular weight is 864 g/mol. The molecule has 0 bridgehead atoms. The van der Waals surface area contributed by atoms with Crippen molar-refractivity contribution in [2.24, 2.45) is 0 Å². The van der Waals surface area contributed by atoms with Gasteiger partial charge in [-0.05, 0) is 96.0 Å². The Labute approximate surface area is 324 Å². The molecule has 5 heteroatoms. The van der Waals surface area contributed by atoms with E-state index in [1.165, 1.54) is 27.6 Å². The third kappa shape index (κ3) is 7.06. The molecule has 9 rings (SSSR count). The number of furan rings is 1. The van der Waals surface area contributed by atoms with E-state index in [-0.39, 0.29) is 20.1 Å². The van der Waals surface area contributed by atoms with Gasteiger partial charge in [0, 0.05) is 61.2 Å². The van der Waals surface area contributed by atoms with Crippen LogP contribution in [0.4, 0.5) is 0 Å². The Balaban J connectivity index is 0.000000229. The summed E-state index contributed by atoms with van der Waals surface area (Å²) in [6.45, 7) is 10.5. The van der Waals surface area contributed by atoms with Crippen LogP contribution in [0.5, 0.6) is 0 Å². The van der Waals surface area contributed by atoms with Gasteiger partial charge in [0.25, 0.3) is 0 Å². The van der Waals surface area contributed by atoms with Crippen molar-refractivity contribution in [2.45, 2.75) is 34.6 Å². The summed E-state index contributed by atoms with van der Waals surface area (Å²) < 4.78 is 6.71. The van der Waals surface area contributed by atoms with Crippen LogP contribution in [0.15, 0.2) is 138 Å². The van der Waals surface area contributed by atoms with Crippen molar-refractivity contribution < 1.29 is 24.5 Å². The van der Waals surface area contributed by atoms with Crippen molar-refractivity contribution in [2.75, 3.05) is 0 Å². The maximum Gasteiger partial charge on any atom is 0.128 e. The average Bonchev–Trinajstić information content (AvgIpc) is 3.55. The first-order valence-corrected chi connectivity index (χ1v) is 17.5. The summed E-state index contributed by atoms with van der Waals surface area (Å²) in [4.78, 5) is 13.6. The first kappa shape index (κ1) is 35.7. The van der Waals surface area contributed by atoms with Gasteiger partial charge in [0.1, 0.15) is 5.58 Å². The fourth-order valence-corrected chi connectivity index (χ4v) is 6.77. The number of hydrogen-bond donors (Lipinski definition) is 0. The van der Waals surface area contributed by atoms with Crippen molar-refractivity contribution >= 4 is 32.7 Å². The maximum atomic E-state index is 6.71. The molecule has 5 aromatic carbocycles. The van der Waals surface area contributed by atoms with E-state index in [1.54, 1.807) is 0 Å². The minimum atomic E-state index is 0.